The minimum absolute atomic E-state index is 0.573. The fourth-order valence-corrected chi connectivity index (χ4v) is 6.48. The summed E-state index contributed by atoms with van der Waals surface area (Å²) in [7, 11) is 0. The molecule has 5 rings (SSSR count). The van der Waals surface area contributed by atoms with Crippen LogP contribution >= 0.6 is 11.9 Å². The van der Waals surface area contributed by atoms with Gasteiger partial charge in [-0.25, -0.2) is 9.10 Å². The van der Waals surface area contributed by atoms with Crippen LogP contribution in [0, 0.1) is 0 Å². The van der Waals surface area contributed by atoms with Crippen LogP contribution in [0.4, 0.5) is 13.2 Å². The summed E-state index contributed by atoms with van der Waals surface area (Å²) in [5.41, 5.74) is 10.1. The van der Waals surface area contributed by atoms with E-state index in [9.17, 15) is 13.2 Å². The van der Waals surface area contributed by atoms with Crippen LogP contribution in [0.15, 0.2) is 66.2 Å². The van der Waals surface area contributed by atoms with Gasteiger partial charge in [-0.05, 0) is 124 Å². The molecule has 4 nitrogen and oxygen atoms in total. The number of hydrogen-bond acceptors (Lipinski definition) is 5. The first-order valence-electron chi connectivity index (χ1n) is 15.6. The molecule has 43 heavy (non-hydrogen) atoms. The fraction of sp³-hybridized carbons (Fsp3) is 0.543. The van der Waals surface area contributed by atoms with Crippen molar-refractivity contribution < 1.29 is 18.0 Å². The van der Waals surface area contributed by atoms with Crippen molar-refractivity contribution in [1.82, 2.24) is 9.21 Å². The minimum atomic E-state index is -4.25. The predicted molar refractivity (Wildman–Crippen MR) is 175 cm³/mol. The summed E-state index contributed by atoms with van der Waals surface area (Å²) in [4.78, 5) is 11.9. The maximum absolute atomic E-state index is 12.5. The van der Waals surface area contributed by atoms with Crippen LogP contribution in [0.2, 0.25) is 0 Å². The molecule has 2 N–H and O–H groups in total. The van der Waals surface area contributed by atoms with E-state index in [0.29, 0.717) is 4.90 Å². The van der Waals surface area contributed by atoms with Crippen LogP contribution in [0.1, 0.15) is 99.8 Å². The van der Waals surface area contributed by atoms with E-state index in [1.807, 2.05) is 6.92 Å². The second-order valence-corrected chi connectivity index (χ2v) is 12.6. The molecule has 2 aromatic rings. The number of carbonyl (C=O) groups excluding carboxylic acids is 1. The van der Waals surface area contributed by atoms with Crippen LogP contribution in [0.3, 0.4) is 0 Å². The topological polar surface area (TPSA) is 49.6 Å². The smallest absolute Gasteiger partial charge is 0.403 e. The third-order valence-corrected chi connectivity index (χ3v) is 8.93. The van der Waals surface area contributed by atoms with Gasteiger partial charge in [0.1, 0.15) is 5.94 Å². The summed E-state index contributed by atoms with van der Waals surface area (Å²) >= 11 is 1.41. The molecule has 2 aromatic carbocycles. The Morgan fingerprint density at radius 3 is 2.19 bits per heavy atom. The fourth-order valence-electron chi connectivity index (χ4n) is 5.42. The van der Waals surface area contributed by atoms with E-state index >= 15 is 0 Å². The molecule has 8 heteroatoms. The van der Waals surface area contributed by atoms with E-state index in [0.717, 1.165) is 50.0 Å². The molecule has 1 aliphatic carbocycles. The molecule has 2 heterocycles. The molecule has 2 aliphatic heterocycles. The molecule has 0 spiro atoms. The Balaban J connectivity index is 0.000000243. The van der Waals surface area contributed by atoms with Crippen LogP contribution in [0.5, 0.6) is 0 Å². The van der Waals surface area contributed by atoms with Gasteiger partial charge in [-0.15, -0.1) is 0 Å². The first-order chi connectivity index (χ1) is 20.6. The zero-order valence-corrected chi connectivity index (χ0v) is 26.9. The van der Waals surface area contributed by atoms with E-state index in [-0.39, 0.29) is 0 Å². The quantitative estimate of drug-likeness (QED) is 0.268. The highest BCUT2D eigenvalue weighted by molar-refractivity contribution is 7.97. The number of alkyl halides is 3. The highest BCUT2D eigenvalue weighted by Crippen LogP contribution is 2.34. The van der Waals surface area contributed by atoms with Gasteiger partial charge in [0.25, 0.3) is 0 Å². The monoisotopic (exact) mass is 617 g/mol. The molecule has 0 amide bonds. The van der Waals surface area contributed by atoms with E-state index in [4.69, 9.17) is 10.5 Å². The molecule has 3 aliphatic rings. The van der Waals surface area contributed by atoms with Crippen LogP contribution in [-0.2, 0) is 23.9 Å². The standard InChI is InChI=1S/C18H27N.C11H12F3NS.C4H9N.C2H2O/c1-15-7-6-8-17-13-16(9-10-18(15)17)14-19-11-4-2-3-5-12-19;12-11(13,14)9-4-3-5-10(8-9)16-15-6-1-2-7-15;1-3-4(2)5;1-2-3/h9-10,13,15H,2-8,11-12,14H2,1H3;3-5,8H,1-2,6-7H2;2-3,5H2,1H3;1H2. The lowest BCUT2D eigenvalue weighted by atomic mass is 9.83. The van der Waals surface area contributed by atoms with Gasteiger partial charge in [0, 0.05) is 30.2 Å². The van der Waals surface area contributed by atoms with Crippen molar-refractivity contribution in [1.29, 1.82) is 0 Å². The number of fused-ring (bicyclic) bond motifs is 1. The van der Waals surface area contributed by atoms with E-state index in [2.05, 4.69) is 47.5 Å². The molecule has 0 saturated carbocycles. The average molecular weight is 618 g/mol. The second kappa shape index (κ2) is 19.7. The Kier molecular flexibility index (Phi) is 16.8. The number of hydrogen-bond donors (Lipinski definition) is 1. The number of nitrogens with zero attached hydrogens (tertiary/aromatic N) is 2. The van der Waals surface area contributed by atoms with Gasteiger partial charge in [-0.1, -0.05) is 57.5 Å². The van der Waals surface area contributed by atoms with Crippen molar-refractivity contribution in [3.05, 3.63) is 83.6 Å². The number of halogens is 3. The number of allylic oxidation sites excluding steroid dienone is 1. The third-order valence-electron chi connectivity index (χ3n) is 7.84. The summed E-state index contributed by atoms with van der Waals surface area (Å²) < 4.78 is 39.5. The Hall–Kier alpha value is -2.51. The highest BCUT2D eigenvalue weighted by atomic mass is 32.2. The molecule has 2 fully saturated rings. The van der Waals surface area contributed by atoms with E-state index < -0.39 is 11.7 Å². The molecular formula is C35H50F3N3OS. The van der Waals surface area contributed by atoms with E-state index in [1.54, 1.807) is 17.2 Å². The molecule has 0 radical (unpaired) electrons. The van der Waals surface area contributed by atoms with Gasteiger partial charge in [0.05, 0.1) is 5.56 Å². The van der Waals surface area contributed by atoms with Gasteiger partial charge >= 0.3 is 6.18 Å². The molecule has 0 aromatic heterocycles. The van der Waals surface area contributed by atoms with Gasteiger partial charge in [0.2, 0.25) is 0 Å². The molecule has 0 bridgehead atoms. The normalized spacial score (nSPS) is 18.7. The molecule has 1 unspecified atom stereocenters. The average Bonchev–Trinajstić information content (AvgIpc) is 3.35. The number of aryl methyl sites for hydroxylation is 1. The van der Waals surface area contributed by atoms with Crippen LogP contribution < -0.4 is 5.73 Å². The lowest BCUT2D eigenvalue weighted by Gasteiger charge is -2.25. The van der Waals surface area contributed by atoms with Crippen molar-refractivity contribution in [2.45, 2.75) is 102 Å². The number of nitrogens with two attached hydrogens (primary N) is 1. The zero-order chi connectivity index (χ0) is 31.7. The van der Waals surface area contributed by atoms with Gasteiger partial charge in [-0.2, -0.15) is 13.2 Å². The molecular weight excluding hydrogens is 567 g/mol. The van der Waals surface area contributed by atoms with Crippen LogP contribution in [0.25, 0.3) is 0 Å². The van der Waals surface area contributed by atoms with Crippen molar-refractivity contribution in [2.75, 3.05) is 26.2 Å². The van der Waals surface area contributed by atoms with Gasteiger partial charge in [-0.3, -0.25) is 4.90 Å². The SMILES string of the molecule is C=C(N)CC.C=C=O.CC1CCCc2cc(CN3CCCCCC3)ccc21.FC(F)(F)c1cccc(SN2CCCC2)c1. The number of likely N-dealkylation sites (tertiary alicyclic amines) is 1. The predicted octanol–water partition coefficient (Wildman–Crippen LogP) is 9.18. The minimum Gasteiger partial charge on any atom is -0.403 e. The summed E-state index contributed by atoms with van der Waals surface area (Å²) in [6, 6.07) is 12.8. The zero-order valence-electron chi connectivity index (χ0n) is 26.1. The summed E-state index contributed by atoms with van der Waals surface area (Å²) in [5.74, 6) is 2.02. The molecule has 1 atom stereocenters. The first-order valence-corrected chi connectivity index (χ1v) is 16.4. The van der Waals surface area contributed by atoms with Crippen molar-refractivity contribution in [3.8, 4) is 0 Å². The first kappa shape index (κ1) is 36.7. The van der Waals surface area contributed by atoms with Crippen molar-refractivity contribution in [3.63, 3.8) is 0 Å². The Labute approximate surface area is 261 Å². The Morgan fingerprint density at radius 2 is 1.60 bits per heavy atom. The molecule has 238 valence electrons. The number of benzene rings is 2. The Morgan fingerprint density at radius 1 is 1.00 bits per heavy atom. The summed E-state index contributed by atoms with van der Waals surface area (Å²) in [6.45, 7) is 16.2. The Bertz CT molecular complexity index is 1130. The lowest BCUT2D eigenvalue weighted by molar-refractivity contribution is -0.137. The summed E-state index contributed by atoms with van der Waals surface area (Å²) in [6.07, 6.45) is 8.59. The highest BCUT2D eigenvalue weighted by Gasteiger charge is 2.30. The summed E-state index contributed by atoms with van der Waals surface area (Å²) in [5, 5.41) is 0. The van der Waals surface area contributed by atoms with Crippen molar-refractivity contribution >= 4 is 17.9 Å². The van der Waals surface area contributed by atoms with Gasteiger partial charge in [0.15, 0.2) is 0 Å². The largest absolute Gasteiger partial charge is 0.416 e. The van der Waals surface area contributed by atoms with Crippen molar-refractivity contribution in [2.24, 2.45) is 5.73 Å². The number of rotatable bonds is 5. The van der Waals surface area contributed by atoms with E-state index in [1.165, 1.54) is 100 Å². The third kappa shape index (κ3) is 14.2. The second-order valence-electron chi connectivity index (χ2n) is 11.4. The molecule has 2 saturated heterocycles. The maximum atomic E-state index is 12.5. The van der Waals surface area contributed by atoms with Crippen LogP contribution in [-0.4, -0.2) is 41.3 Å². The maximum Gasteiger partial charge on any atom is 0.416 e. The lowest BCUT2D eigenvalue weighted by Crippen LogP contribution is -2.24. The van der Waals surface area contributed by atoms with Gasteiger partial charge < -0.3 is 5.73 Å².